The molecule has 2 aromatic rings. The van der Waals surface area contributed by atoms with Crippen LogP contribution < -0.4 is 0 Å². The molecule has 3 rings (SSSR count). The van der Waals surface area contributed by atoms with E-state index in [1.54, 1.807) is 0 Å². The zero-order chi connectivity index (χ0) is 10.1. The Morgan fingerprint density at radius 2 is 1.80 bits per heavy atom. The van der Waals surface area contributed by atoms with Gasteiger partial charge in [0.25, 0.3) is 0 Å². The lowest BCUT2D eigenvalue weighted by atomic mass is 9.91. The maximum absolute atomic E-state index is 3.36. The summed E-state index contributed by atoms with van der Waals surface area (Å²) in [5, 5.41) is 0. The number of aromatic nitrogens is 1. The van der Waals surface area contributed by atoms with E-state index in [-0.39, 0.29) is 0 Å². The molecule has 1 fully saturated rings. The fourth-order valence-corrected chi connectivity index (χ4v) is 2.33. The number of rotatable bonds is 3. The quantitative estimate of drug-likeness (QED) is 0.774. The highest BCUT2D eigenvalue weighted by atomic mass is 14.7. The highest BCUT2D eigenvalue weighted by Crippen LogP contribution is 2.45. The average molecular weight is 197 g/mol. The molecule has 1 aromatic heterocycles. The van der Waals surface area contributed by atoms with Crippen molar-refractivity contribution in [2.75, 3.05) is 0 Å². The maximum atomic E-state index is 3.36. The second-order valence-electron chi connectivity index (χ2n) is 4.35. The molecule has 1 saturated carbocycles. The van der Waals surface area contributed by atoms with Crippen LogP contribution in [0.2, 0.25) is 0 Å². The van der Waals surface area contributed by atoms with Gasteiger partial charge >= 0.3 is 0 Å². The molecule has 0 radical (unpaired) electrons. The van der Waals surface area contributed by atoms with E-state index in [0.717, 1.165) is 5.92 Å². The fraction of sp³-hybridized carbons (Fsp3) is 0.286. The molecule has 1 N–H and O–H groups in total. The summed E-state index contributed by atoms with van der Waals surface area (Å²) in [7, 11) is 0. The summed E-state index contributed by atoms with van der Waals surface area (Å²) in [6.07, 6.45) is 4.77. The van der Waals surface area contributed by atoms with Crippen molar-refractivity contribution in [1.29, 1.82) is 0 Å². The van der Waals surface area contributed by atoms with Crippen LogP contribution in [-0.4, -0.2) is 4.98 Å². The normalized spacial score (nSPS) is 17.6. The molecule has 1 unspecified atom stereocenters. The molecule has 1 aliphatic carbocycles. The van der Waals surface area contributed by atoms with Crippen LogP contribution in [0.4, 0.5) is 0 Å². The number of hydrogen-bond acceptors (Lipinski definition) is 0. The summed E-state index contributed by atoms with van der Waals surface area (Å²) in [5.74, 6) is 1.44. The minimum absolute atomic E-state index is 0.584. The number of nitrogens with one attached hydrogen (secondary N) is 1. The molecule has 0 amide bonds. The topological polar surface area (TPSA) is 15.8 Å². The van der Waals surface area contributed by atoms with Gasteiger partial charge in [0, 0.05) is 17.8 Å². The van der Waals surface area contributed by atoms with Crippen LogP contribution >= 0.6 is 0 Å². The van der Waals surface area contributed by atoms with E-state index in [0.29, 0.717) is 5.92 Å². The van der Waals surface area contributed by atoms with Crippen molar-refractivity contribution in [1.82, 2.24) is 4.98 Å². The van der Waals surface area contributed by atoms with Gasteiger partial charge in [-0.2, -0.15) is 0 Å². The van der Waals surface area contributed by atoms with Gasteiger partial charge in [-0.15, -0.1) is 0 Å². The van der Waals surface area contributed by atoms with Crippen molar-refractivity contribution in [3.05, 3.63) is 59.9 Å². The molecule has 1 aromatic carbocycles. The maximum Gasteiger partial charge on any atom is 0.0269 e. The first-order valence-corrected chi connectivity index (χ1v) is 5.63. The Labute approximate surface area is 90.2 Å². The van der Waals surface area contributed by atoms with Crippen molar-refractivity contribution in [2.45, 2.75) is 18.8 Å². The Balaban J connectivity index is 1.98. The third-order valence-electron chi connectivity index (χ3n) is 3.21. The molecule has 15 heavy (non-hydrogen) atoms. The lowest BCUT2D eigenvalue weighted by Gasteiger charge is -2.15. The van der Waals surface area contributed by atoms with Crippen LogP contribution in [0, 0.1) is 5.92 Å². The summed E-state index contributed by atoms with van der Waals surface area (Å²) < 4.78 is 0. The zero-order valence-corrected chi connectivity index (χ0v) is 8.69. The lowest BCUT2D eigenvalue weighted by Crippen LogP contribution is -2.03. The highest BCUT2D eigenvalue weighted by molar-refractivity contribution is 5.31. The van der Waals surface area contributed by atoms with E-state index >= 15 is 0 Å². The fourth-order valence-electron chi connectivity index (χ4n) is 2.33. The molecule has 0 aliphatic heterocycles. The Kier molecular flexibility index (Phi) is 2.09. The van der Waals surface area contributed by atoms with E-state index in [1.807, 2.05) is 6.20 Å². The Morgan fingerprint density at radius 3 is 2.40 bits per heavy atom. The van der Waals surface area contributed by atoms with Gasteiger partial charge in [0.1, 0.15) is 0 Å². The molecule has 1 aliphatic rings. The standard InChI is InChI=1S/C14H15N/c1-2-5-11(6-3-1)14(12-8-9-12)13-7-4-10-15-13/h1-7,10,12,14-15H,8-9H2. The summed E-state index contributed by atoms with van der Waals surface area (Å²) >= 11 is 0. The van der Waals surface area contributed by atoms with Gasteiger partial charge in [0.2, 0.25) is 0 Å². The smallest absolute Gasteiger partial charge is 0.0269 e. The SMILES string of the molecule is c1ccc(C(c2ccc[nH]2)C2CC2)cc1. The molecule has 1 heterocycles. The number of H-pyrrole nitrogens is 1. The molecule has 0 saturated heterocycles. The van der Waals surface area contributed by atoms with Crippen LogP contribution in [0.3, 0.4) is 0 Å². The van der Waals surface area contributed by atoms with Crippen molar-refractivity contribution >= 4 is 0 Å². The van der Waals surface area contributed by atoms with Gasteiger partial charge in [-0.1, -0.05) is 30.3 Å². The number of hydrogen-bond donors (Lipinski definition) is 1. The van der Waals surface area contributed by atoms with E-state index in [9.17, 15) is 0 Å². The monoisotopic (exact) mass is 197 g/mol. The molecular weight excluding hydrogens is 182 g/mol. The van der Waals surface area contributed by atoms with Crippen molar-refractivity contribution < 1.29 is 0 Å². The Morgan fingerprint density at radius 1 is 1.00 bits per heavy atom. The first kappa shape index (κ1) is 8.78. The van der Waals surface area contributed by atoms with E-state index in [1.165, 1.54) is 24.1 Å². The minimum atomic E-state index is 0.584. The van der Waals surface area contributed by atoms with Crippen LogP contribution in [0.15, 0.2) is 48.7 Å². The predicted molar refractivity (Wildman–Crippen MR) is 61.8 cm³/mol. The van der Waals surface area contributed by atoms with E-state index < -0.39 is 0 Å². The van der Waals surface area contributed by atoms with Gasteiger partial charge in [0.15, 0.2) is 0 Å². The Bertz CT molecular complexity index is 412. The lowest BCUT2D eigenvalue weighted by molar-refractivity contribution is 0.687. The predicted octanol–water partition coefficient (Wildman–Crippen LogP) is 3.56. The molecule has 1 atom stereocenters. The van der Waals surface area contributed by atoms with Gasteiger partial charge < -0.3 is 4.98 Å². The highest BCUT2D eigenvalue weighted by Gasteiger charge is 2.33. The van der Waals surface area contributed by atoms with Crippen molar-refractivity contribution in [3.63, 3.8) is 0 Å². The van der Waals surface area contributed by atoms with E-state index in [4.69, 9.17) is 0 Å². The van der Waals surface area contributed by atoms with Crippen LogP contribution in [0.1, 0.15) is 30.0 Å². The van der Waals surface area contributed by atoms with Crippen LogP contribution in [-0.2, 0) is 0 Å². The minimum Gasteiger partial charge on any atom is -0.364 e. The second-order valence-corrected chi connectivity index (χ2v) is 4.35. The molecule has 1 nitrogen and oxygen atoms in total. The third kappa shape index (κ3) is 1.70. The molecule has 0 bridgehead atoms. The van der Waals surface area contributed by atoms with Crippen molar-refractivity contribution in [3.8, 4) is 0 Å². The van der Waals surface area contributed by atoms with Gasteiger partial charge in [-0.25, -0.2) is 0 Å². The first-order chi connectivity index (χ1) is 7.45. The number of aromatic amines is 1. The summed E-state index contributed by atoms with van der Waals surface area (Å²) in [4.78, 5) is 3.36. The molecule has 1 heteroatoms. The second kappa shape index (κ2) is 3.58. The Hall–Kier alpha value is -1.50. The average Bonchev–Trinajstić information content (AvgIpc) is 2.96. The summed E-state index contributed by atoms with van der Waals surface area (Å²) in [6, 6.07) is 15.1. The van der Waals surface area contributed by atoms with Gasteiger partial charge in [0.05, 0.1) is 0 Å². The third-order valence-corrected chi connectivity index (χ3v) is 3.21. The summed E-state index contributed by atoms with van der Waals surface area (Å²) in [5.41, 5.74) is 2.81. The molecular formula is C14H15N. The zero-order valence-electron chi connectivity index (χ0n) is 8.69. The van der Waals surface area contributed by atoms with Crippen LogP contribution in [0.25, 0.3) is 0 Å². The van der Waals surface area contributed by atoms with E-state index in [2.05, 4.69) is 47.4 Å². The van der Waals surface area contributed by atoms with Gasteiger partial charge in [-0.05, 0) is 36.5 Å². The van der Waals surface area contributed by atoms with Crippen LogP contribution in [0.5, 0.6) is 0 Å². The summed E-state index contributed by atoms with van der Waals surface area (Å²) in [6.45, 7) is 0. The van der Waals surface area contributed by atoms with Crippen molar-refractivity contribution in [2.24, 2.45) is 5.92 Å². The molecule has 0 spiro atoms. The number of benzene rings is 1. The molecule has 76 valence electrons. The van der Waals surface area contributed by atoms with Gasteiger partial charge in [-0.3, -0.25) is 0 Å². The first-order valence-electron chi connectivity index (χ1n) is 5.63. The largest absolute Gasteiger partial charge is 0.364 e.